The largest absolute Gasteiger partial charge is 0.388 e. The first kappa shape index (κ1) is 14.5. The van der Waals surface area contributed by atoms with Crippen molar-refractivity contribution in [2.24, 2.45) is 0 Å². The molecule has 0 bridgehead atoms. The van der Waals surface area contributed by atoms with Crippen LogP contribution < -0.4 is 5.32 Å². The molecule has 106 valence electrons. The normalized spacial score (nSPS) is 18.9. The highest BCUT2D eigenvalue weighted by molar-refractivity contribution is 6.30. The Balaban J connectivity index is 2.05. The maximum Gasteiger partial charge on any atom is 0.137 e. The number of nitrogens with zero attached hydrogens (tertiary/aromatic N) is 2. The number of halogens is 1. The van der Waals surface area contributed by atoms with E-state index in [1.54, 1.807) is 0 Å². The molecule has 1 heterocycles. The zero-order chi connectivity index (χ0) is 13.9. The van der Waals surface area contributed by atoms with E-state index in [1.807, 2.05) is 13.8 Å². The van der Waals surface area contributed by atoms with E-state index in [-0.39, 0.29) is 0 Å². The molecule has 1 aliphatic carbocycles. The van der Waals surface area contributed by atoms with Crippen molar-refractivity contribution in [1.29, 1.82) is 0 Å². The molecule has 2 N–H and O–H groups in total. The molecule has 4 nitrogen and oxygen atoms in total. The van der Waals surface area contributed by atoms with Crippen molar-refractivity contribution in [1.82, 2.24) is 9.97 Å². The Morgan fingerprint density at radius 3 is 2.42 bits per heavy atom. The van der Waals surface area contributed by atoms with Gasteiger partial charge in [0.15, 0.2) is 0 Å². The Bertz CT molecular complexity index is 443. The van der Waals surface area contributed by atoms with Crippen LogP contribution in [0.2, 0.25) is 5.15 Å². The molecule has 0 radical (unpaired) electrons. The van der Waals surface area contributed by atoms with Crippen LogP contribution in [0.15, 0.2) is 0 Å². The number of rotatable bonds is 3. The topological polar surface area (TPSA) is 58.0 Å². The second kappa shape index (κ2) is 6.06. The van der Waals surface area contributed by atoms with Crippen molar-refractivity contribution in [2.75, 3.05) is 11.9 Å². The van der Waals surface area contributed by atoms with Crippen LogP contribution in [0, 0.1) is 13.8 Å². The molecular weight excluding hydrogens is 262 g/mol. The predicted molar refractivity (Wildman–Crippen MR) is 77.7 cm³/mol. The quantitative estimate of drug-likeness (QED) is 0.660. The summed E-state index contributed by atoms with van der Waals surface area (Å²) in [5.74, 6) is 1.38. The zero-order valence-corrected chi connectivity index (χ0v) is 12.4. The molecular formula is C14H22ClN3O. The van der Waals surface area contributed by atoms with Crippen LogP contribution in [-0.2, 0) is 0 Å². The second-order valence-corrected chi connectivity index (χ2v) is 5.89. The highest BCUT2D eigenvalue weighted by Gasteiger charge is 2.28. The summed E-state index contributed by atoms with van der Waals surface area (Å²) < 4.78 is 0. The second-order valence-electron chi connectivity index (χ2n) is 5.53. The van der Waals surface area contributed by atoms with Crippen LogP contribution in [0.5, 0.6) is 0 Å². The van der Waals surface area contributed by atoms with E-state index in [0.717, 1.165) is 37.1 Å². The average Bonchev–Trinajstić information content (AvgIpc) is 2.57. The van der Waals surface area contributed by atoms with Crippen molar-refractivity contribution >= 4 is 17.4 Å². The zero-order valence-electron chi connectivity index (χ0n) is 11.7. The van der Waals surface area contributed by atoms with E-state index in [2.05, 4.69) is 15.3 Å². The molecule has 19 heavy (non-hydrogen) atoms. The molecule has 5 heteroatoms. The average molecular weight is 284 g/mol. The molecule has 0 aromatic carbocycles. The first-order valence-electron chi connectivity index (χ1n) is 6.97. The molecule has 2 rings (SSSR count). The van der Waals surface area contributed by atoms with Crippen LogP contribution in [0.1, 0.15) is 49.9 Å². The van der Waals surface area contributed by atoms with Crippen LogP contribution in [0.3, 0.4) is 0 Å². The summed E-state index contributed by atoms with van der Waals surface area (Å²) in [6.45, 7) is 4.23. The Morgan fingerprint density at radius 1 is 1.16 bits per heavy atom. The lowest BCUT2D eigenvalue weighted by Gasteiger charge is -2.27. The Kier molecular flexibility index (Phi) is 4.63. The molecule has 0 atom stereocenters. The molecule has 0 unspecified atom stereocenters. The first-order chi connectivity index (χ1) is 9.00. The van der Waals surface area contributed by atoms with Gasteiger partial charge in [-0.3, -0.25) is 0 Å². The summed E-state index contributed by atoms with van der Waals surface area (Å²) in [6.07, 6.45) is 6.36. The van der Waals surface area contributed by atoms with Gasteiger partial charge in [0.05, 0.1) is 5.60 Å². The molecule has 1 aromatic rings. The molecule has 0 spiro atoms. The van der Waals surface area contributed by atoms with Gasteiger partial charge in [0.25, 0.3) is 0 Å². The van der Waals surface area contributed by atoms with Crippen LogP contribution >= 0.6 is 11.6 Å². The Hall–Kier alpha value is -0.870. The Morgan fingerprint density at radius 2 is 1.79 bits per heavy atom. The number of aromatic nitrogens is 2. The smallest absolute Gasteiger partial charge is 0.137 e. The summed E-state index contributed by atoms with van der Waals surface area (Å²) in [7, 11) is 0. The van der Waals surface area contributed by atoms with Gasteiger partial charge in [0.2, 0.25) is 0 Å². The van der Waals surface area contributed by atoms with E-state index in [9.17, 15) is 5.11 Å². The molecule has 0 aliphatic heterocycles. The minimum atomic E-state index is -0.617. The maximum absolute atomic E-state index is 10.6. The summed E-state index contributed by atoms with van der Waals surface area (Å²) in [6, 6.07) is 0. The monoisotopic (exact) mass is 283 g/mol. The van der Waals surface area contributed by atoms with Gasteiger partial charge < -0.3 is 10.4 Å². The molecule has 1 aliphatic rings. The maximum atomic E-state index is 10.6. The third kappa shape index (κ3) is 3.80. The number of anilines is 1. The van der Waals surface area contributed by atoms with E-state index in [0.29, 0.717) is 17.5 Å². The number of hydrogen-bond donors (Lipinski definition) is 2. The predicted octanol–water partition coefficient (Wildman–Crippen LogP) is 3.24. The highest BCUT2D eigenvalue weighted by atomic mass is 35.5. The molecule has 0 saturated heterocycles. The Labute approximate surface area is 119 Å². The summed E-state index contributed by atoms with van der Waals surface area (Å²) in [5.41, 5.74) is 0.221. The lowest BCUT2D eigenvalue weighted by Crippen LogP contribution is -2.36. The van der Waals surface area contributed by atoms with Gasteiger partial charge in [-0.15, -0.1) is 0 Å². The fourth-order valence-corrected chi connectivity index (χ4v) is 2.79. The summed E-state index contributed by atoms with van der Waals surface area (Å²) in [4.78, 5) is 8.47. The molecule has 0 amide bonds. The van der Waals surface area contributed by atoms with Gasteiger partial charge in [-0.1, -0.05) is 37.3 Å². The minimum absolute atomic E-state index is 0.475. The van der Waals surface area contributed by atoms with Crippen LogP contribution in [-0.4, -0.2) is 27.2 Å². The van der Waals surface area contributed by atoms with Crippen molar-refractivity contribution in [3.63, 3.8) is 0 Å². The van der Waals surface area contributed by atoms with Crippen LogP contribution in [0.4, 0.5) is 5.82 Å². The lowest BCUT2D eigenvalue weighted by atomic mass is 9.94. The number of nitrogens with one attached hydrogen (secondary N) is 1. The SMILES string of the molecule is Cc1nc(Cl)c(C)c(NCC2(O)CCCCCC2)n1. The van der Waals surface area contributed by atoms with E-state index in [4.69, 9.17) is 11.6 Å². The third-order valence-electron chi connectivity index (χ3n) is 3.82. The van der Waals surface area contributed by atoms with Crippen molar-refractivity contribution < 1.29 is 5.11 Å². The van der Waals surface area contributed by atoms with Gasteiger partial charge in [0.1, 0.15) is 16.8 Å². The van der Waals surface area contributed by atoms with E-state index >= 15 is 0 Å². The number of hydrogen-bond acceptors (Lipinski definition) is 4. The van der Waals surface area contributed by atoms with Gasteiger partial charge in [-0.25, -0.2) is 9.97 Å². The van der Waals surface area contributed by atoms with E-state index in [1.165, 1.54) is 12.8 Å². The van der Waals surface area contributed by atoms with Gasteiger partial charge >= 0.3 is 0 Å². The fraction of sp³-hybridized carbons (Fsp3) is 0.714. The van der Waals surface area contributed by atoms with Gasteiger partial charge in [0, 0.05) is 12.1 Å². The lowest BCUT2D eigenvalue weighted by molar-refractivity contribution is 0.0380. The summed E-state index contributed by atoms with van der Waals surface area (Å²) in [5, 5.41) is 14.3. The summed E-state index contributed by atoms with van der Waals surface area (Å²) >= 11 is 6.05. The van der Waals surface area contributed by atoms with Gasteiger partial charge in [-0.2, -0.15) is 0 Å². The first-order valence-corrected chi connectivity index (χ1v) is 7.35. The van der Waals surface area contributed by atoms with Crippen LogP contribution in [0.25, 0.3) is 0 Å². The number of aliphatic hydroxyl groups is 1. The van der Waals surface area contributed by atoms with Crippen molar-refractivity contribution in [3.05, 3.63) is 16.5 Å². The van der Waals surface area contributed by atoms with Crippen molar-refractivity contribution in [2.45, 2.75) is 58.0 Å². The molecule has 1 saturated carbocycles. The third-order valence-corrected chi connectivity index (χ3v) is 4.19. The van der Waals surface area contributed by atoms with E-state index < -0.39 is 5.60 Å². The van der Waals surface area contributed by atoms with Crippen molar-refractivity contribution in [3.8, 4) is 0 Å². The number of aryl methyl sites for hydroxylation is 1. The molecule has 1 fully saturated rings. The fourth-order valence-electron chi connectivity index (χ4n) is 2.58. The standard InChI is InChI=1S/C14H22ClN3O/c1-10-12(15)17-11(2)18-13(10)16-9-14(19)7-5-3-4-6-8-14/h19H,3-9H2,1-2H3,(H,16,17,18). The highest BCUT2D eigenvalue weighted by Crippen LogP contribution is 2.28. The van der Waals surface area contributed by atoms with Gasteiger partial charge in [-0.05, 0) is 26.7 Å². The minimum Gasteiger partial charge on any atom is -0.388 e. The molecule has 1 aromatic heterocycles.